The molecule has 1 saturated carbocycles. The maximum atomic E-state index is 5.78. The van der Waals surface area contributed by atoms with E-state index in [1.807, 2.05) is 24.3 Å². The van der Waals surface area contributed by atoms with Gasteiger partial charge in [0.1, 0.15) is 0 Å². The van der Waals surface area contributed by atoms with E-state index in [0.717, 1.165) is 23.0 Å². The molecule has 0 spiro atoms. The van der Waals surface area contributed by atoms with Crippen LogP contribution in [0.4, 0.5) is 5.69 Å². The standard InChI is InChI=1S/C16H21N3O/c1-2-11-6-7-13(8-11)16-18-15(20-19-16)10-12-4-3-5-14(17)9-12/h3-5,9,11,13H,2,6-8,10,17H2,1H3. The topological polar surface area (TPSA) is 64.9 Å². The third-order valence-corrected chi connectivity index (χ3v) is 4.27. The lowest BCUT2D eigenvalue weighted by Crippen LogP contribution is -1.98. The molecule has 2 aromatic rings. The van der Waals surface area contributed by atoms with Gasteiger partial charge in [-0.2, -0.15) is 4.98 Å². The van der Waals surface area contributed by atoms with E-state index < -0.39 is 0 Å². The van der Waals surface area contributed by atoms with Gasteiger partial charge in [-0.05, 0) is 42.9 Å². The normalized spacial score (nSPS) is 22.2. The highest BCUT2D eigenvalue weighted by atomic mass is 16.5. The Labute approximate surface area is 119 Å². The van der Waals surface area contributed by atoms with Crippen molar-refractivity contribution in [3.05, 3.63) is 41.5 Å². The van der Waals surface area contributed by atoms with Crippen LogP contribution in [-0.2, 0) is 6.42 Å². The molecule has 2 atom stereocenters. The molecule has 106 valence electrons. The van der Waals surface area contributed by atoms with Crippen molar-refractivity contribution in [2.45, 2.75) is 44.9 Å². The van der Waals surface area contributed by atoms with E-state index in [4.69, 9.17) is 10.3 Å². The fraction of sp³-hybridized carbons (Fsp3) is 0.500. The average Bonchev–Trinajstić information content (AvgIpc) is 3.07. The second-order valence-corrected chi connectivity index (χ2v) is 5.75. The number of nitrogen functional groups attached to an aromatic ring is 1. The molecule has 0 amide bonds. The number of hydrogen-bond acceptors (Lipinski definition) is 4. The molecule has 4 heteroatoms. The Morgan fingerprint density at radius 1 is 1.35 bits per heavy atom. The molecule has 1 aromatic carbocycles. The van der Waals surface area contributed by atoms with Crippen molar-refractivity contribution in [1.82, 2.24) is 10.1 Å². The van der Waals surface area contributed by atoms with Crippen molar-refractivity contribution in [3.8, 4) is 0 Å². The summed E-state index contributed by atoms with van der Waals surface area (Å²) in [6, 6.07) is 7.81. The first-order valence-corrected chi connectivity index (χ1v) is 7.41. The average molecular weight is 271 g/mol. The van der Waals surface area contributed by atoms with E-state index in [-0.39, 0.29) is 0 Å². The molecule has 1 fully saturated rings. The van der Waals surface area contributed by atoms with Crippen LogP contribution >= 0.6 is 0 Å². The number of benzene rings is 1. The summed E-state index contributed by atoms with van der Waals surface area (Å²) in [5, 5.41) is 4.17. The van der Waals surface area contributed by atoms with Crippen molar-refractivity contribution in [2.24, 2.45) is 5.92 Å². The molecule has 4 nitrogen and oxygen atoms in total. The summed E-state index contributed by atoms with van der Waals surface area (Å²) in [5.41, 5.74) is 7.66. The van der Waals surface area contributed by atoms with Gasteiger partial charge in [0.25, 0.3) is 0 Å². The number of nitrogens with zero attached hydrogens (tertiary/aromatic N) is 2. The first-order valence-electron chi connectivity index (χ1n) is 7.41. The van der Waals surface area contributed by atoms with E-state index in [9.17, 15) is 0 Å². The van der Waals surface area contributed by atoms with E-state index in [1.54, 1.807) is 0 Å². The zero-order chi connectivity index (χ0) is 13.9. The number of aromatic nitrogens is 2. The molecular formula is C16H21N3O. The zero-order valence-corrected chi connectivity index (χ0v) is 11.9. The molecule has 1 heterocycles. The minimum atomic E-state index is 0.485. The lowest BCUT2D eigenvalue weighted by Gasteiger charge is -2.04. The molecule has 0 bridgehead atoms. The second-order valence-electron chi connectivity index (χ2n) is 5.75. The largest absolute Gasteiger partial charge is 0.399 e. The van der Waals surface area contributed by atoms with Gasteiger partial charge >= 0.3 is 0 Å². The van der Waals surface area contributed by atoms with Gasteiger partial charge in [0, 0.05) is 11.6 Å². The minimum Gasteiger partial charge on any atom is -0.399 e. The highest BCUT2D eigenvalue weighted by Gasteiger charge is 2.28. The number of anilines is 1. The SMILES string of the molecule is CCC1CCC(c2noc(Cc3cccc(N)c3)n2)C1. The molecule has 2 unspecified atom stereocenters. The van der Waals surface area contributed by atoms with Crippen LogP contribution in [0.3, 0.4) is 0 Å². The van der Waals surface area contributed by atoms with Crippen LogP contribution in [0.5, 0.6) is 0 Å². The maximum absolute atomic E-state index is 5.78. The van der Waals surface area contributed by atoms with Crippen LogP contribution in [0.2, 0.25) is 0 Å². The van der Waals surface area contributed by atoms with Gasteiger partial charge in [-0.1, -0.05) is 30.6 Å². The number of hydrogen-bond donors (Lipinski definition) is 1. The molecule has 1 aromatic heterocycles. The predicted octanol–water partition coefficient (Wildman–Crippen LogP) is 3.54. The van der Waals surface area contributed by atoms with E-state index >= 15 is 0 Å². The lowest BCUT2D eigenvalue weighted by molar-refractivity contribution is 0.374. The molecule has 20 heavy (non-hydrogen) atoms. The molecule has 2 N–H and O–H groups in total. The Bertz CT molecular complexity index is 579. The van der Waals surface area contributed by atoms with Crippen LogP contribution < -0.4 is 5.73 Å². The Balaban J connectivity index is 1.68. The zero-order valence-electron chi connectivity index (χ0n) is 11.9. The fourth-order valence-electron chi connectivity index (χ4n) is 3.06. The van der Waals surface area contributed by atoms with Gasteiger partial charge < -0.3 is 10.3 Å². The van der Waals surface area contributed by atoms with Gasteiger partial charge in [-0.3, -0.25) is 0 Å². The Hall–Kier alpha value is -1.84. The smallest absolute Gasteiger partial charge is 0.231 e. The molecule has 1 aliphatic rings. The van der Waals surface area contributed by atoms with Crippen molar-refractivity contribution in [1.29, 1.82) is 0 Å². The van der Waals surface area contributed by atoms with Crippen molar-refractivity contribution in [3.63, 3.8) is 0 Å². The van der Waals surface area contributed by atoms with Gasteiger partial charge in [0.15, 0.2) is 5.82 Å². The Kier molecular flexibility index (Phi) is 3.72. The summed E-state index contributed by atoms with van der Waals surface area (Å²) in [6.07, 6.45) is 5.59. The monoisotopic (exact) mass is 271 g/mol. The van der Waals surface area contributed by atoms with Gasteiger partial charge in [-0.15, -0.1) is 0 Å². The third kappa shape index (κ3) is 2.84. The summed E-state index contributed by atoms with van der Waals surface area (Å²) < 4.78 is 5.39. The first-order chi connectivity index (χ1) is 9.74. The van der Waals surface area contributed by atoms with E-state index in [1.165, 1.54) is 25.7 Å². The molecule has 1 aliphatic carbocycles. The van der Waals surface area contributed by atoms with E-state index in [2.05, 4.69) is 17.1 Å². The van der Waals surface area contributed by atoms with Crippen LogP contribution in [-0.4, -0.2) is 10.1 Å². The predicted molar refractivity (Wildman–Crippen MR) is 78.3 cm³/mol. The fourth-order valence-corrected chi connectivity index (χ4v) is 3.06. The summed E-state index contributed by atoms with van der Waals surface area (Å²) >= 11 is 0. The number of rotatable bonds is 4. The maximum Gasteiger partial charge on any atom is 0.231 e. The van der Waals surface area contributed by atoms with Crippen molar-refractivity contribution in [2.75, 3.05) is 5.73 Å². The van der Waals surface area contributed by atoms with E-state index in [0.29, 0.717) is 18.2 Å². The van der Waals surface area contributed by atoms with Crippen LogP contribution in [0.25, 0.3) is 0 Å². The quantitative estimate of drug-likeness (QED) is 0.864. The van der Waals surface area contributed by atoms with Crippen molar-refractivity contribution < 1.29 is 4.52 Å². The lowest BCUT2D eigenvalue weighted by atomic mass is 10.0. The van der Waals surface area contributed by atoms with Gasteiger partial charge in [0.05, 0.1) is 6.42 Å². The molecule has 0 saturated heterocycles. The minimum absolute atomic E-state index is 0.485. The Morgan fingerprint density at radius 3 is 3.00 bits per heavy atom. The Morgan fingerprint density at radius 2 is 2.25 bits per heavy atom. The number of nitrogens with two attached hydrogens (primary N) is 1. The highest BCUT2D eigenvalue weighted by molar-refractivity contribution is 5.41. The summed E-state index contributed by atoms with van der Waals surface area (Å²) in [4.78, 5) is 4.57. The molecule has 0 aliphatic heterocycles. The molecule has 3 rings (SSSR count). The van der Waals surface area contributed by atoms with Crippen LogP contribution in [0, 0.1) is 5.92 Å². The summed E-state index contributed by atoms with van der Waals surface area (Å²) in [7, 11) is 0. The van der Waals surface area contributed by atoms with Gasteiger partial charge in [-0.25, -0.2) is 0 Å². The van der Waals surface area contributed by atoms with Gasteiger partial charge in [0.2, 0.25) is 5.89 Å². The van der Waals surface area contributed by atoms with Crippen LogP contribution in [0.15, 0.2) is 28.8 Å². The highest BCUT2D eigenvalue weighted by Crippen LogP contribution is 2.38. The van der Waals surface area contributed by atoms with Crippen molar-refractivity contribution >= 4 is 5.69 Å². The first kappa shape index (κ1) is 13.2. The second kappa shape index (κ2) is 5.65. The summed E-state index contributed by atoms with van der Waals surface area (Å²) in [6.45, 7) is 2.26. The van der Waals surface area contributed by atoms with Crippen LogP contribution in [0.1, 0.15) is 55.8 Å². The molecular weight excluding hydrogens is 250 g/mol. The molecule has 0 radical (unpaired) electrons. The summed E-state index contributed by atoms with van der Waals surface area (Å²) in [5.74, 6) is 2.89. The third-order valence-electron chi connectivity index (χ3n) is 4.27.